The van der Waals surface area contributed by atoms with Crippen LogP contribution in [-0.2, 0) is 0 Å². The molecule has 8 nitrogen and oxygen atoms in total. The van der Waals surface area contributed by atoms with Crippen molar-refractivity contribution in [2.24, 2.45) is 11.0 Å². The van der Waals surface area contributed by atoms with Crippen molar-refractivity contribution < 1.29 is 5.11 Å². The van der Waals surface area contributed by atoms with Crippen molar-refractivity contribution >= 4 is 17.7 Å². The zero-order valence-electron chi connectivity index (χ0n) is 19.6. The summed E-state index contributed by atoms with van der Waals surface area (Å²) in [6.45, 7) is 8.31. The van der Waals surface area contributed by atoms with Gasteiger partial charge in [0, 0.05) is 49.4 Å². The van der Waals surface area contributed by atoms with Crippen molar-refractivity contribution in [3.63, 3.8) is 0 Å². The Kier molecular flexibility index (Phi) is 5.40. The fourth-order valence-corrected chi connectivity index (χ4v) is 4.79. The number of hydrogen-bond donors (Lipinski definition) is 2. The van der Waals surface area contributed by atoms with Crippen LogP contribution in [-0.4, -0.2) is 69.3 Å². The third-order valence-electron chi connectivity index (χ3n) is 6.36. The van der Waals surface area contributed by atoms with E-state index in [4.69, 9.17) is 0 Å². The summed E-state index contributed by atoms with van der Waals surface area (Å²) in [6, 6.07) is 6.35. The number of phenols is 1. The van der Waals surface area contributed by atoms with Crippen LogP contribution in [0.1, 0.15) is 32.8 Å². The number of hydrazone groups is 1. The molecule has 1 aliphatic carbocycles. The maximum Gasteiger partial charge on any atom is 0.245 e. The van der Waals surface area contributed by atoms with Crippen LogP contribution in [0.2, 0.25) is 0 Å². The summed E-state index contributed by atoms with van der Waals surface area (Å²) < 4.78 is 0. The SMILES string of the molecule is CN1N=CC2C=C(c3ccc(-c4cnc(N5CCC(NC(C)(C)C)C5)nn4)c(O)c3)C=CC21. The highest BCUT2D eigenvalue weighted by Gasteiger charge is 2.29. The summed E-state index contributed by atoms with van der Waals surface area (Å²) >= 11 is 0. The molecule has 1 aromatic heterocycles. The quantitative estimate of drug-likeness (QED) is 0.747. The van der Waals surface area contributed by atoms with E-state index in [-0.39, 0.29) is 23.2 Å². The Morgan fingerprint density at radius 1 is 1.18 bits per heavy atom. The van der Waals surface area contributed by atoms with E-state index < -0.39 is 0 Å². The van der Waals surface area contributed by atoms with Gasteiger partial charge in [0.05, 0.1) is 12.2 Å². The molecule has 3 atom stereocenters. The topological polar surface area (TPSA) is 89.8 Å². The number of anilines is 1. The van der Waals surface area contributed by atoms with Crippen LogP contribution >= 0.6 is 0 Å². The Morgan fingerprint density at radius 2 is 2.03 bits per heavy atom. The Labute approximate surface area is 194 Å². The van der Waals surface area contributed by atoms with E-state index in [0.717, 1.165) is 30.6 Å². The monoisotopic (exact) mass is 445 g/mol. The van der Waals surface area contributed by atoms with Crippen LogP contribution in [0.25, 0.3) is 16.8 Å². The van der Waals surface area contributed by atoms with Gasteiger partial charge in [0.2, 0.25) is 5.95 Å². The minimum Gasteiger partial charge on any atom is -0.507 e. The molecule has 2 N–H and O–H groups in total. The molecule has 3 aliphatic rings. The van der Waals surface area contributed by atoms with Gasteiger partial charge in [-0.25, -0.2) is 4.98 Å². The van der Waals surface area contributed by atoms with Crippen LogP contribution in [0.5, 0.6) is 5.75 Å². The Hall–Kier alpha value is -3.26. The smallest absolute Gasteiger partial charge is 0.245 e. The molecule has 172 valence electrons. The minimum absolute atomic E-state index is 0.0829. The third kappa shape index (κ3) is 4.48. The molecule has 3 unspecified atom stereocenters. The average molecular weight is 446 g/mol. The number of fused-ring (bicyclic) bond motifs is 1. The Morgan fingerprint density at radius 3 is 2.76 bits per heavy atom. The fourth-order valence-electron chi connectivity index (χ4n) is 4.79. The van der Waals surface area contributed by atoms with E-state index in [0.29, 0.717) is 23.2 Å². The molecule has 33 heavy (non-hydrogen) atoms. The summed E-state index contributed by atoms with van der Waals surface area (Å²) in [6.07, 6.45) is 11.2. The van der Waals surface area contributed by atoms with Crippen molar-refractivity contribution in [3.8, 4) is 17.0 Å². The van der Waals surface area contributed by atoms with Crippen LogP contribution < -0.4 is 10.2 Å². The maximum atomic E-state index is 10.7. The lowest BCUT2D eigenvalue weighted by molar-refractivity contribution is 0.307. The van der Waals surface area contributed by atoms with Crippen molar-refractivity contribution in [3.05, 3.63) is 48.2 Å². The number of benzene rings is 1. The molecule has 1 aromatic carbocycles. The van der Waals surface area contributed by atoms with E-state index in [1.165, 1.54) is 0 Å². The van der Waals surface area contributed by atoms with E-state index in [1.54, 1.807) is 12.3 Å². The second-order valence-electron chi connectivity index (χ2n) is 10.1. The lowest BCUT2D eigenvalue weighted by atomic mass is 9.89. The number of likely N-dealkylation sites (N-methyl/N-ethyl adjacent to an activating group) is 1. The lowest BCUT2D eigenvalue weighted by Gasteiger charge is -2.25. The first-order chi connectivity index (χ1) is 15.8. The number of allylic oxidation sites excluding steroid dienone is 2. The number of phenolic OH excluding ortho intramolecular Hbond substituents is 1. The van der Waals surface area contributed by atoms with Gasteiger partial charge in [-0.15, -0.1) is 10.2 Å². The van der Waals surface area contributed by atoms with Gasteiger partial charge in [-0.2, -0.15) is 5.10 Å². The normalized spacial score (nSPS) is 24.4. The summed E-state index contributed by atoms with van der Waals surface area (Å²) in [7, 11) is 1.98. The van der Waals surface area contributed by atoms with Crippen LogP contribution in [0.4, 0.5) is 5.95 Å². The summed E-state index contributed by atoms with van der Waals surface area (Å²) in [5.74, 6) is 1.05. The summed E-state index contributed by atoms with van der Waals surface area (Å²) in [4.78, 5) is 6.69. The Balaban J connectivity index is 1.29. The average Bonchev–Trinajstić information content (AvgIpc) is 3.39. The molecular formula is C25H31N7O. The van der Waals surface area contributed by atoms with Crippen molar-refractivity contribution in [2.45, 2.75) is 44.8 Å². The molecule has 5 rings (SSSR count). The zero-order chi connectivity index (χ0) is 23.2. The number of hydrogen-bond acceptors (Lipinski definition) is 8. The molecule has 0 bridgehead atoms. The van der Waals surface area contributed by atoms with Gasteiger partial charge in [-0.05, 0) is 50.5 Å². The highest BCUT2D eigenvalue weighted by atomic mass is 16.3. The molecule has 2 aliphatic heterocycles. The lowest BCUT2D eigenvalue weighted by Crippen LogP contribution is -2.45. The van der Waals surface area contributed by atoms with Gasteiger partial charge in [-0.1, -0.05) is 24.3 Å². The zero-order valence-corrected chi connectivity index (χ0v) is 19.6. The molecule has 2 aromatic rings. The highest BCUT2D eigenvalue weighted by molar-refractivity contribution is 5.83. The molecule has 0 radical (unpaired) electrons. The van der Waals surface area contributed by atoms with Gasteiger partial charge in [0.15, 0.2) is 0 Å². The van der Waals surface area contributed by atoms with E-state index in [9.17, 15) is 5.11 Å². The molecule has 0 saturated carbocycles. The second-order valence-corrected chi connectivity index (χ2v) is 10.1. The number of rotatable bonds is 4. The van der Waals surface area contributed by atoms with Gasteiger partial charge >= 0.3 is 0 Å². The number of nitrogens with one attached hydrogen (secondary N) is 1. The van der Waals surface area contributed by atoms with Gasteiger partial charge in [-0.3, -0.25) is 5.01 Å². The van der Waals surface area contributed by atoms with Crippen LogP contribution in [0.3, 0.4) is 0 Å². The molecule has 1 saturated heterocycles. The Bertz CT molecular complexity index is 1120. The number of nitrogens with zero attached hydrogens (tertiary/aromatic N) is 6. The van der Waals surface area contributed by atoms with E-state index >= 15 is 0 Å². The highest BCUT2D eigenvalue weighted by Crippen LogP contribution is 2.34. The summed E-state index contributed by atoms with van der Waals surface area (Å²) in [5, 5.41) is 29.4. The molecule has 0 spiro atoms. The van der Waals surface area contributed by atoms with Gasteiger partial charge in [0.1, 0.15) is 11.4 Å². The van der Waals surface area contributed by atoms with E-state index in [2.05, 4.69) is 69.5 Å². The molecule has 8 heteroatoms. The molecule has 3 heterocycles. The summed E-state index contributed by atoms with van der Waals surface area (Å²) in [5.41, 5.74) is 3.30. The van der Waals surface area contributed by atoms with Crippen molar-refractivity contribution in [2.75, 3.05) is 25.0 Å². The first-order valence-electron chi connectivity index (χ1n) is 11.5. The van der Waals surface area contributed by atoms with Crippen LogP contribution in [0, 0.1) is 5.92 Å². The molecular weight excluding hydrogens is 414 g/mol. The predicted molar refractivity (Wildman–Crippen MR) is 131 cm³/mol. The van der Waals surface area contributed by atoms with Gasteiger partial charge in [0.25, 0.3) is 0 Å². The van der Waals surface area contributed by atoms with Crippen molar-refractivity contribution in [1.29, 1.82) is 0 Å². The standard InChI is InChI=1S/C25H31N7O/c1-25(2,3)28-19-9-10-32(15-19)24-26-14-21(29-30-24)20-7-5-17(12-23(20)33)16-6-8-22-18(11-16)13-27-31(22)4/h5-8,11-14,18-19,22,28,33H,9-10,15H2,1-4H3. The van der Waals surface area contributed by atoms with Crippen LogP contribution in [0.15, 0.2) is 47.7 Å². The first-order valence-corrected chi connectivity index (χ1v) is 11.5. The fraction of sp³-hybridized carbons (Fsp3) is 0.440. The number of aromatic hydroxyl groups is 1. The second kappa shape index (κ2) is 8.26. The van der Waals surface area contributed by atoms with Crippen molar-refractivity contribution in [1.82, 2.24) is 25.5 Å². The predicted octanol–water partition coefficient (Wildman–Crippen LogP) is 3.08. The van der Waals surface area contributed by atoms with Gasteiger partial charge < -0.3 is 15.3 Å². The third-order valence-corrected chi connectivity index (χ3v) is 6.36. The maximum absolute atomic E-state index is 10.7. The molecule has 0 amide bonds. The van der Waals surface area contributed by atoms with E-state index in [1.807, 2.05) is 30.4 Å². The minimum atomic E-state index is 0.0829. The largest absolute Gasteiger partial charge is 0.507 e. The number of aromatic nitrogens is 3. The first kappa shape index (κ1) is 21.6. The molecule has 1 fully saturated rings.